The number of fused-ring (bicyclic) bond motifs is 1. The van der Waals surface area contributed by atoms with Crippen LogP contribution in [0.3, 0.4) is 0 Å². The van der Waals surface area contributed by atoms with Crippen LogP contribution >= 0.6 is 0 Å². The zero-order valence-electron chi connectivity index (χ0n) is 16.8. The summed E-state index contributed by atoms with van der Waals surface area (Å²) >= 11 is 0. The molecule has 0 radical (unpaired) electrons. The van der Waals surface area contributed by atoms with Crippen molar-refractivity contribution in [2.45, 2.75) is 6.54 Å². The quantitative estimate of drug-likeness (QED) is 0.667. The van der Waals surface area contributed by atoms with Gasteiger partial charge >= 0.3 is 0 Å². The molecule has 0 spiro atoms. The van der Waals surface area contributed by atoms with Crippen molar-refractivity contribution in [1.29, 1.82) is 5.26 Å². The van der Waals surface area contributed by atoms with E-state index in [1.54, 1.807) is 14.2 Å². The molecule has 1 saturated heterocycles. The second-order valence-corrected chi connectivity index (χ2v) is 7.10. The molecule has 1 aliphatic heterocycles. The Morgan fingerprint density at radius 3 is 2.52 bits per heavy atom. The van der Waals surface area contributed by atoms with Gasteiger partial charge < -0.3 is 14.4 Å². The van der Waals surface area contributed by atoms with Gasteiger partial charge in [-0.1, -0.05) is 18.2 Å². The van der Waals surface area contributed by atoms with Gasteiger partial charge in [0.25, 0.3) is 0 Å². The third kappa shape index (κ3) is 3.96. The van der Waals surface area contributed by atoms with Gasteiger partial charge in [-0.3, -0.25) is 4.90 Å². The molecule has 1 aromatic heterocycles. The van der Waals surface area contributed by atoms with E-state index in [0.29, 0.717) is 5.56 Å². The second-order valence-electron chi connectivity index (χ2n) is 7.10. The van der Waals surface area contributed by atoms with E-state index in [1.807, 2.05) is 48.5 Å². The number of benzene rings is 2. The lowest BCUT2D eigenvalue weighted by Crippen LogP contribution is -2.46. The highest BCUT2D eigenvalue weighted by atomic mass is 16.5. The molecule has 0 bridgehead atoms. The van der Waals surface area contributed by atoms with Crippen molar-refractivity contribution in [3.63, 3.8) is 0 Å². The number of nitrogens with zero attached hydrogens (tertiary/aromatic N) is 4. The van der Waals surface area contributed by atoms with Crippen LogP contribution in [0.5, 0.6) is 11.5 Å². The lowest BCUT2D eigenvalue weighted by molar-refractivity contribution is 0.245. The van der Waals surface area contributed by atoms with E-state index in [4.69, 9.17) is 14.5 Å². The molecular formula is C23H24N4O2. The smallest absolute Gasteiger partial charge is 0.130 e. The Morgan fingerprint density at radius 1 is 1.00 bits per heavy atom. The fourth-order valence-corrected chi connectivity index (χ4v) is 3.80. The first-order valence-corrected chi connectivity index (χ1v) is 9.70. The van der Waals surface area contributed by atoms with Crippen LogP contribution in [0.4, 0.5) is 5.82 Å². The normalized spacial score (nSPS) is 14.6. The number of para-hydroxylation sites is 1. The first kappa shape index (κ1) is 19.0. The van der Waals surface area contributed by atoms with Gasteiger partial charge in [0.15, 0.2) is 0 Å². The largest absolute Gasteiger partial charge is 0.497 e. The third-order valence-electron chi connectivity index (χ3n) is 5.40. The Labute approximate surface area is 170 Å². The lowest BCUT2D eigenvalue weighted by atomic mass is 10.1. The van der Waals surface area contributed by atoms with Crippen molar-refractivity contribution >= 4 is 16.7 Å². The lowest BCUT2D eigenvalue weighted by Gasteiger charge is -2.35. The van der Waals surface area contributed by atoms with Crippen LogP contribution in [-0.2, 0) is 6.54 Å². The highest BCUT2D eigenvalue weighted by Crippen LogP contribution is 2.27. The third-order valence-corrected chi connectivity index (χ3v) is 5.40. The summed E-state index contributed by atoms with van der Waals surface area (Å²) in [4.78, 5) is 9.45. The molecule has 0 N–H and O–H groups in total. The molecule has 0 atom stereocenters. The predicted octanol–water partition coefficient (Wildman–Crippen LogP) is 3.45. The molecule has 2 heterocycles. The summed E-state index contributed by atoms with van der Waals surface area (Å²) in [6.07, 6.45) is 0. The maximum absolute atomic E-state index is 9.53. The molecule has 6 heteroatoms. The van der Waals surface area contributed by atoms with Gasteiger partial charge in [-0.2, -0.15) is 5.26 Å². The molecule has 0 unspecified atom stereocenters. The average Bonchev–Trinajstić information content (AvgIpc) is 2.78. The highest BCUT2D eigenvalue weighted by Gasteiger charge is 2.20. The van der Waals surface area contributed by atoms with E-state index in [-0.39, 0.29) is 0 Å². The number of pyridine rings is 1. The number of piperazine rings is 1. The predicted molar refractivity (Wildman–Crippen MR) is 113 cm³/mol. The summed E-state index contributed by atoms with van der Waals surface area (Å²) in [6.45, 7) is 4.36. The van der Waals surface area contributed by atoms with Crippen LogP contribution in [0.15, 0.2) is 48.5 Å². The van der Waals surface area contributed by atoms with Crippen molar-refractivity contribution < 1.29 is 9.47 Å². The summed E-state index contributed by atoms with van der Waals surface area (Å²) in [6, 6.07) is 17.9. The molecular weight excluding hydrogens is 364 g/mol. The fraction of sp³-hybridized carbons (Fsp3) is 0.304. The van der Waals surface area contributed by atoms with Crippen molar-refractivity contribution in [2.75, 3.05) is 45.3 Å². The van der Waals surface area contributed by atoms with E-state index in [2.05, 4.69) is 15.9 Å². The average molecular weight is 388 g/mol. The molecule has 1 fully saturated rings. The topological polar surface area (TPSA) is 61.6 Å². The Hall–Kier alpha value is -3.30. The van der Waals surface area contributed by atoms with Crippen molar-refractivity contribution in [3.8, 4) is 17.6 Å². The minimum absolute atomic E-state index is 0.675. The van der Waals surface area contributed by atoms with Gasteiger partial charge in [-0.15, -0.1) is 0 Å². The maximum atomic E-state index is 9.53. The Kier molecular flexibility index (Phi) is 5.50. The van der Waals surface area contributed by atoms with E-state index in [0.717, 1.165) is 66.5 Å². The number of ether oxygens (including phenoxy) is 2. The molecule has 29 heavy (non-hydrogen) atoms. The van der Waals surface area contributed by atoms with Crippen molar-refractivity contribution in [2.24, 2.45) is 0 Å². The maximum Gasteiger partial charge on any atom is 0.130 e. The molecule has 2 aromatic carbocycles. The number of anilines is 1. The minimum Gasteiger partial charge on any atom is -0.497 e. The minimum atomic E-state index is 0.675. The first-order chi connectivity index (χ1) is 14.2. The number of aromatic nitrogens is 1. The van der Waals surface area contributed by atoms with Crippen molar-refractivity contribution in [1.82, 2.24) is 9.88 Å². The molecule has 0 aliphatic carbocycles. The van der Waals surface area contributed by atoms with Crippen LogP contribution in [0.1, 0.15) is 11.1 Å². The molecule has 1 aliphatic rings. The zero-order chi connectivity index (χ0) is 20.2. The Balaban J connectivity index is 1.48. The molecule has 0 saturated carbocycles. The SMILES string of the molecule is COc1ccc(OC)c(CN2CCN(c3cc(C#N)c4ccccc4n3)CC2)c1. The first-order valence-electron chi connectivity index (χ1n) is 9.70. The van der Waals surface area contributed by atoms with Crippen LogP contribution in [-0.4, -0.2) is 50.3 Å². The van der Waals surface area contributed by atoms with E-state index in [1.165, 1.54) is 0 Å². The van der Waals surface area contributed by atoms with Crippen LogP contribution in [0, 0.1) is 11.3 Å². The number of nitriles is 1. The Morgan fingerprint density at radius 2 is 1.79 bits per heavy atom. The van der Waals surface area contributed by atoms with Gasteiger partial charge in [-0.05, 0) is 30.3 Å². The van der Waals surface area contributed by atoms with Crippen LogP contribution < -0.4 is 14.4 Å². The van der Waals surface area contributed by atoms with Gasteiger partial charge in [0.05, 0.1) is 31.4 Å². The molecule has 4 rings (SSSR count). The Bertz CT molecular complexity index is 1050. The number of rotatable bonds is 5. The molecule has 148 valence electrons. The highest BCUT2D eigenvalue weighted by molar-refractivity contribution is 5.86. The van der Waals surface area contributed by atoms with Gasteiger partial charge in [0.2, 0.25) is 0 Å². The summed E-state index contributed by atoms with van der Waals surface area (Å²) in [7, 11) is 3.37. The van der Waals surface area contributed by atoms with Crippen LogP contribution in [0.25, 0.3) is 10.9 Å². The summed E-state index contributed by atoms with van der Waals surface area (Å²) in [5.41, 5.74) is 2.66. The number of methoxy groups -OCH3 is 2. The van der Waals surface area contributed by atoms with Crippen LogP contribution in [0.2, 0.25) is 0 Å². The number of hydrogen-bond donors (Lipinski definition) is 0. The van der Waals surface area contributed by atoms with E-state index >= 15 is 0 Å². The van der Waals surface area contributed by atoms with Gasteiger partial charge in [0, 0.05) is 43.7 Å². The van der Waals surface area contributed by atoms with Gasteiger partial charge in [-0.25, -0.2) is 4.98 Å². The number of hydrogen-bond acceptors (Lipinski definition) is 6. The molecule has 3 aromatic rings. The molecule has 0 amide bonds. The van der Waals surface area contributed by atoms with Gasteiger partial charge in [0.1, 0.15) is 17.3 Å². The van der Waals surface area contributed by atoms with E-state index in [9.17, 15) is 5.26 Å². The summed E-state index contributed by atoms with van der Waals surface area (Å²) < 4.78 is 10.9. The fourth-order valence-electron chi connectivity index (χ4n) is 3.80. The second kappa shape index (κ2) is 8.38. The summed E-state index contributed by atoms with van der Waals surface area (Å²) in [5.74, 6) is 2.59. The standard InChI is InChI=1S/C23H24N4O2/c1-28-19-7-8-22(29-2)18(13-19)16-26-9-11-27(12-10-26)23-14-17(15-24)20-5-3-4-6-21(20)25-23/h3-8,13-14H,9-12,16H2,1-2H3. The molecule has 6 nitrogen and oxygen atoms in total. The van der Waals surface area contributed by atoms with E-state index < -0.39 is 0 Å². The monoisotopic (exact) mass is 388 g/mol. The summed E-state index contributed by atoms with van der Waals surface area (Å²) in [5, 5.41) is 10.4. The zero-order valence-corrected chi connectivity index (χ0v) is 16.8. The van der Waals surface area contributed by atoms with Crippen molar-refractivity contribution in [3.05, 3.63) is 59.7 Å².